The molecular formula is C31H30F4N4O4. The Bertz CT molecular complexity index is 1660. The summed E-state index contributed by atoms with van der Waals surface area (Å²) in [7, 11) is 0. The van der Waals surface area contributed by atoms with Crippen LogP contribution in [-0.2, 0) is 11.3 Å². The predicted octanol–water partition coefficient (Wildman–Crippen LogP) is 6.34. The zero-order valence-corrected chi connectivity index (χ0v) is 23.7. The number of alkyl carbamates (subject to hydrolysis) is 1. The maximum absolute atomic E-state index is 14.2. The number of nitrogens with one attached hydrogen (secondary N) is 2. The highest BCUT2D eigenvalue weighted by Crippen LogP contribution is 2.42. The molecule has 2 aromatic carbocycles. The van der Waals surface area contributed by atoms with Crippen molar-refractivity contribution in [2.24, 2.45) is 0 Å². The van der Waals surface area contributed by atoms with Crippen LogP contribution in [0.4, 0.5) is 22.4 Å². The SMILES string of the molecule is CC(C)(C)OC(=O)NCC(NC(=O)c1c(C2CC2)nc2c(OCc3c(F)cccc3F)cccn12)c1ccc(F)c(F)c1. The molecule has 0 bridgehead atoms. The first-order valence-electron chi connectivity index (χ1n) is 13.7. The third kappa shape index (κ3) is 6.90. The van der Waals surface area contributed by atoms with Crippen LogP contribution in [0.15, 0.2) is 54.7 Å². The van der Waals surface area contributed by atoms with Crippen molar-refractivity contribution in [1.82, 2.24) is 20.0 Å². The number of amides is 2. The van der Waals surface area contributed by atoms with Gasteiger partial charge < -0.3 is 20.1 Å². The van der Waals surface area contributed by atoms with E-state index in [4.69, 9.17) is 9.47 Å². The third-order valence-corrected chi connectivity index (χ3v) is 6.75. The average molecular weight is 599 g/mol. The van der Waals surface area contributed by atoms with Crippen molar-refractivity contribution >= 4 is 17.6 Å². The Morgan fingerprint density at radius 1 is 1.00 bits per heavy atom. The summed E-state index contributed by atoms with van der Waals surface area (Å²) < 4.78 is 68.8. The number of nitrogens with zero attached hydrogens (tertiary/aromatic N) is 2. The summed E-state index contributed by atoms with van der Waals surface area (Å²) in [5.41, 5.74) is 0.129. The van der Waals surface area contributed by atoms with Gasteiger partial charge in [0.05, 0.1) is 17.3 Å². The fourth-order valence-corrected chi connectivity index (χ4v) is 4.57. The van der Waals surface area contributed by atoms with E-state index < -0.39 is 53.5 Å². The van der Waals surface area contributed by atoms with Crippen molar-refractivity contribution in [2.75, 3.05) is 6.54 Å². The zero-order chi connectivity index (χ0) is 30.9. The molecule has 43 heavy (non-hydrogen) atoms. The summed E-state index contributed by atoms with van der Waals surface area (Å²) in [6.45, 7) is 4.48. The molecule has 0 spiro atoms. The molecule has 226 valence electrons. The van der Waals surface area contributed by atoms with Gasteiger partial charge in [-0.3, -0.25) is 9.20 Å². The Morgan fingerprint density at radius 2 is 1.72 bits per heavy atom. The average Bonchev–Trinajstić information content (AvgIpc) is 3.70. The van der Waals surface area contributed by atoms with E-state index in [2.05, 4.69) is 15.6 Å². The fraction of sp³-hybridized carbons (Fsp3) is 0.323. The maximum Gasteiger partial charge on any atom is 0.407 e. The largest absolute Gasteiger partial charge is 0.485 e. The molecule has 1 aliphatic rings. The van der Waals surface area contributed by atoms with Crippen LogP contribution >= 0.6 is 0 Å². The van der Waals surface area contributed by atoms with E-state index in [1.807, 2.05) is 0 Å². The highest BCUT2D eigenvalue weighted by Gasteiger charge is 2.34. The first kappa shape index (κ1) is 29.9. The smallest absolute Gasteiger partial charge is 0.407 e. The number of pyridine rings is 1. The lowest BCUT2D eigenvalue weighted by Gasteiger charge is -2.23. The number of hydrogen-bond donors (Lipinski definition) is 2. The Hall–Kier alpha value is -4.61. The number of rotatable bonds is 9. The fourth-order valence-electron chi connectivity index (χ4n) is 4.57. The highest BCUT2D eigenvalue weighted by atomic mass is 19.2. The summed E-state index contributed by atoms with van der Waals surface area (Å²) in [6, 6.07) is 8.91. The van der Waals surface area contributed by atoms with Gasteiger partial charge in [0, 0.05) is 18.7 Å². The zero-order valence-electron chi connectivity index (χ0n) is 23.7. The van der Waals surface area contributed by atoms with Crippen molar-refractivity contribution in [3.05, 3.63) is 101 Å². The van der Waals surface area contributed by atoms with Gasteiger partial charge in [0.2, 0.25) is 0 Å². The van der Waals surface area contributed by atoms with Crippen LogP contribution in [-0.4, -0.2) is 33.5 Å². The first-order valence-corrected chi connectivity index (χ1v) is 13.7. The van der Waals surface area contributed by atoms with Crippen molar-refractivity contribution < 1.29 is 36.6 Å². The van der Waals surface area contributed by atoms with Crippen LogP contribution in [0.2, 0.25) is 0 Å². The van der Waals surface area contributed by atoms with Crippen molar-refractivity contribution in [1.29, 1.82) is 0 Å². The van der Waals surface area contributed by atoms with Crippen LogP contribution in [0, 0.1) is 23.3 Å². The number of carbonyl (C=O) groups excluding carboxylic acids is 2. The number of carbonyl (C=O) groups is 2. The molecule has 4 aromatic rings. The van der Waals surface area contributed by atoms with E-state index in [9.17, 15) is 27.2 Å². The van der Waals surface area contributed by atoms with Gasteiger partial charge in [0.25, 0.3) is 5.91 Å². The van der Waals surface area contributed by atoms with E-state index in [1.165, 1.54) is 16.5 Å². The molecule has 2 amide bonds. The van der Waals surface area contributed by atoms with Crippen LogP contribution in [0.1, 0.15) is 72.9 Å². The van der Waals surface area contributed by atoms with Crippen LogP contribution in [0.25, 0.3) is 5.65 Å². The minimum atomic E-state index is -1.12. The molecule has 12 heteroatoms. The number of ether oxygens (including phenoxy) is 2. The van der Waals surface area contributed by atoms with Gasteiger partial charge in [-0.05, 0) is 75.6 Å². The van der Waals surface area contributed by atoms with Crippen molar-refractivity contribution in [2.45, 2.75) is 57.8 Å². The topological polar surface area (TPSA) is 94.0 Å². The number of imidazole rings is 1. The number of hydrogen-bond acceptors (Lipinski definition) is 5. The quantitative estimate of drug-likeness (QED) is 0.219. The molecule has 0 aliphatic heterocycles. The Labute approximate surface area is 245 Å². The summed E-state index contributed by atoms with van der Waals surface area (Å²) in [6.07, 6.45) is 2.45. The summed E-state index contributed by atoms with van der Waals surface area (Å²) >= 11 is 0. The molecule has 1 saturated carbocycles. The molecular weight excluding hydrogens is 568 g/mol. The minimum Gasteiger partial charge on any atom is -0.485 e. The van der Waals surface area contributed by atoms with Gasteiger partial charge in [-0.15, -0.1) is 0 Å². The van der Waals surface area contributed by atoms with E-state index in [-0.39, 0.29) is 40.7 Å². The maximum atomic E-state index is 14.2. The van der Waals surface area contributed by atoms with Crippen LogP contribution < -0.4 is 15.4 Å². The second-order valence-corrected chi connectivity index (χ2v) is 11.3. The van der Waals surface area contributed by atoms with Gasteiger partial charge >= 0.3 is 6.09 Å². The Balaban J connectivity index is 1.45. The lowest BCUT2D eigenvalue weighted by atomic mass is 10.1. The number of halogens is 4. The van der Waals surface area contributed by atoms with Gasteiger partial charge in [-0.2, -0.15) is 0 Å². The summed E-state index contributed by atoms with van der Waals surface area (Å²) in [5.74, 6) is -4.07. The molecule has 8 nitrogen and oxygen atoms in total. The van der Waals surface area contributed by atoms with Crippen molar-refractivity contribution in [3.63, 3.8) is 0 Å². The molecule has 2 N–H and O–H groups in total. The monoisotopic (exact) mass is 598 g/mol. The van der Waals surface area contributed by atoms with Crippen LogP contribution in [0.5, 0.6) is 5.75 Å². The van der Waals surface area contributed by atoms with Crippen LogP contribution in [0.3, 0.4) is 0 Å². The molecule has 0 saturated heterocycles. The van der Waals surface area contributed by atoms with E-state index in [0.717, 1.165) is 37.1 Å². The molecule has 5 rings (SSSR count). The number of aromatic nitrogens is 2. The molecule has 1 atom stereocenters. The minimum absolute atomic E-state index is 0.000818. The number of benzene rings is 2. The molecule has 1 unspecified atom stereocenters. The van der Waals surface area contributed by atoms with E-state index in [1.54, 1.807) is 39.1 Å². The summed E-state index contributed by atoms with van der Waals surface area (Å²) in [4.78, 5) is 30.8. The normalized spacial score (nSPS) is 13.9. The second-order valence-electron chi connectivity index (χ2n) is 11.3. The molecule has 2 aromatic heterocycles. The first-order chi connectivity index (χ1) is 20.4. The van der Waals surface area contributed by atoms with E-state index in [0.29, 0.717) is 5.69 Å². The summed E-state index contributed by atoms with van der Waals surface area (Å²) in [5, 5.41) is 5.37. The molecule has 1 fully saturated rings. The lowest BCUT2D eigenvalue weighted by Crippen LogP contribution is -2.40. The Morgan fingerprint density at radius 3 is 2.37 bits per heavy atom. The van der Waals surface area contributed by atoms with Gasteiger partial charge in [0.1, 0.15) is 29.5 Å². The molecule has 0 radical (unpaired) electrons. The van der Waals surface area contributed by atoms with Crippen molar-refractivity contribution in [3.8, 4) is 5.75 Å². The lowest BCUT2D eigenvalue weighted by molar-refractivity contribution is 0.0519. The highest BCUT2D eigenvalue weighted by molar-refractivity contribution is 5.95. The van der Waals surface area contributed by atoms with E-state index >= 15 is 0 Å². The predicted molar refractivity (Wildman–Crippen MR) is 149 cm³/mol. The standard InChI is InChI=1S/C31H30F4N4O4/c1-31(2,3)43-30(41)36-15-24(18-11-12-22(34)23(35)14-18)37-29(40)27-26(17-9-10-17)38-28-25(8-5-13-39(27)28)42-16-19-20(32)6-4-7-21(19)33/h4-8,11-14,17,24H,9-10,15-16H2,1-3H3,(H,36,41)(H,37,40). The van der Waals surface area contributed by atoms with Gasteiger partial charge in [-0.25, -0.2) is 27.3 Å². The van der Waals surface area contributed by atoms with Gasteiger partial charge in [0.15, 0.2) is 23.0 Å². The third-order valence-electron chi connectivity index (χ3n) is 6.75. The number of fused-ring (bicyclic) bond motifs is 1. The second kappa shape index (κ2) is 11.9. The Kier molecular flexibility index (Phi) is 8.30. The van der Waals surface area contributed by atoms with Gasteiger partial charge in [-0.1, -0.05) is 12.1 Å². The molecule has 2 heterocycles. The molecule has 1 aliphatic carbocycles.